The molecule has 10 heteroatoms. The van der Waals surface area contributed by atoms with E-state index >= 15 is 0 Å². The number of hydrogen-bond donors (Lipinski definition) is 3. The first-order chi connectivity index (χ1) is 12.1. The van der Waals surface area contributed by atoms with Gasteiger partial charge in [-0.2, -0.15) is 0 Å². The second kappa shape index (κ2) is 6.46. The second-order valence-corrected chi connectivity index (χ2v) is 8.29. The summed E-state index contributed by atoms with van der Waals surface area (Å²) in [6.45, 7) is 1.55. The molecule has 7 nitrogen and oxygen atoms in total. The average molecular weight is 414 g/mol. The quantitative estimate of drug-likeness (QED) is 0.670. The molecule has 3 amide bonds. The zero-order chi connectivity index (χ0) is 19.1. The van der Waals surface area contributed by atoms with Crippen molar-refractivity contribution < 1.29 is 18.0 Å². The maximum atomic E-state index is 12.5. The van der Waals surface area contributed by atoms with Gasteiger partial charge >= 0.3 is 6.03 Å². The van der Waals surface area contributed by atoms with Gasteiger partial charge in [0.15, 0.2) is 0 Å². The van der Waals surface area contributed by atoms with Gasteiger partial charge in [0, 0.05) is 10.7 Å². The van der Waals surface area contributed by atoms with Gasteiger partial charge in [-0.15, -0.1) is 0 Å². The molecule has 1 aliphatic heterocycles. The van der Waals surface area contributed by atoms with Gasteiger partial charge < -0.3 is 5.32 Å². The molecule has 136 valence electrons. The van der Waals surface area contributed by atoms with Crippen LogP contribution < -0.4 is 15.4 Å². The van der Waals surface area contributed by atoms with Crippen LogP contribution in [-0.4, -0.2) is 20.4 Å². The molecule has 0 saturated carbocycles. The Labute approximate surface area is 159 Å². The summed E-state index contributed by atoms with van der Waals surface area (Å²) < 4.78 is 27.4. The van der Waals surface area contributed by atoms with Gasteiger partial charge in [-0.25, -0.2) is 13.2 Å². The Balaban J connectivity index is 1.87. The van der Waals surface area contributed by atoms with E-state index in [4.69, 9.17) is 23.2 Å². The molecule has 0 spiro atoms. The first-order valence-electron chi connectivity index (χ1n) is 7.34. The van der Waals surface area contributed by atoms with Crippen molar-refractivity contribution in [2.45, 2.75) is 17.4 Å². The summed E-state index contributed by atoms with van der Waals surface area (Å²) in [6, 6.07) is 9.59. The third kappa shape index (κ3) is 3.35. The molecule has 0 unspecified atom stereocenters. The lowest BCUT2D eigenvalue weighted by Gasteiger charge is -2.21. The maximum absolute atomic E-state index is 12.5. The third-order valence-electron chi connectivity index (χ3n) is 3.94. The number of anilines is 1. The molecule has 1 atom stereocenters. The van der Waals surface area contributed by atoms with Gasteiger partial charge in [-0.3, -0.25) is 14.8 Å². The molecule has 0 bridgehead atoms. The number of amides is 3. The minimum Gasteiger partial charge on any atom is -0.320 e. The van der Waals surface area contributed by atoms with E-state index in [2.05, 4.69) is 15.4 Å². The van der Waals surface area contributed by atoms with E-state index in [0.717, 1.165) is 0 Å². The fourth-order valence-electron chi connectivity index (χ4n) is 2.51. The number of sulfonamides is 1. The van der Waals surface area contributed by atoms with Crippen LogP contribution in [0.2, 0.25) is 10.0 Å². The number of rotatable bonds is 4. The largest absolute Gasteiger partial charge is 0.322 e. The van der Waals surface area contributed by atoms with Gasteiger partial charge in [0.05, 0.1) is 5.02 Å². The lowest BCUT2D eigenvalue weighted by molar-refractivity contribution is -0.123. The summed E-state index contributed by atoms with van der Waals surface area (Å²) in [7, 11) is -3.95. The Kier molecular flexibility index (Phi) is 4.60. The minimum atomic E-state index is -3.95. The van der Waals surface area contributed by atoms with E-state index in [1.54, 1.807) is 19.1 Å². The summed E-state index contributed by atoms with van der Waals surface area (Å²) in [5.41, 5.74) is -0.451. The topological polar surface area (TPSA) is 104 Å². The number of urea groups is 1. The second-order valence-electron chi connectivity index (χ2n) is 5.79. The van der Waals surface area contributed by atoms with Crippen LogP contribution in [0.15, 0.2) is 47.4 Å². The molecular weight excluding hydrogens is 401 g/mol. The summed E-state index contributed by atoms with van der Waals surface area (Å²) in [5.74, 6) is -0.485. The van der Waals surface area contributed by atoms with E-state index in [1.165, 1.54) is 30.3 Å². The van der Waals surface area contributed by atoms with Crippen LogP contribution in [-0.2, 0) is 20.4 Å². The standard InChI is InChI=1S/C16H13Cl2N3O4S/c1-16(14(22)19-15(23)20-16)9-2-5-11(6-3-9)21-26(24,25)13-8-10(17)4-7-12(13)18/h2-8,21H,1H3,(H2,19,20,22,23)/t16-/m0/s1. The Bertz CT molecular complexity index is 1010. The number of nitrogens with one attached hydrogen (secondary N) is 3. The number of hydrogen-bond acceptors (Lipinski definition) is 4. The Morgan fingerprint density at radius 1 is 1.04 bits per heavy atom. The van der Waals surface area contributed by atoms with Crippen molar-refractivity contribution in [2.75, 3.05) is 4.72 Å². The van der Waals surface area contributed by atoms with Crippen LogP contribution >= 0.6 is 23.2 Å². The molecule has 1 heterocycles. The molecule has 1 fully saturated rings. The van der Waals surface area contributed by atoms with Crippen molar-refractivity contribution in [2.24, 2.45) is 0 Å². The van der Waals surface area contributed by atoms with E-state index in [0.29, 0.717) is 5.56 Å². The zero-order valence-electron chi connectivity index (χ0n) is 13.3. The van der Waals surface area contributed by atoms with Crippen LogP contribution in [0.4, 0.5) is 10.5 Å². The SMILES string of the molecule is C[C@@]1(c2ccc(NS(=O)(=O)c3cc(Cl)ccc3Cl)cc2)NC(=O)NC1=O. The zero-order valence-corrected chi connectivity index (χ0v) is 15.7. The highest BCUT2D eigenvalue weighted by Crippen LogP contribution is 2.29. The molecule has 1 saturated heterocycles. The molecule has 0 radical (unpaired) electrons. The molecule has 0 aliphatic carbocycles. The van der Waals surface area contributed by atoms with E-state index in [9.17, 15) is 18.0 Å². The lowest BCUT2D eigenvalue weighted by atomic mass is 9.92. The van der Waals surface area contributed by atoms with Gasteiger partial charge in [0.1, 0.15) is 10.4 Å². The molecule has 0 aromatic heterocycles. The Hall–Kier alpha value is -2.29. The lowest BCUT2D eigenvalue weighted by Crippen LogP contribution is -2.40. The molecule has 3 N–H and O–H groups in total. The van der Waals surface area contributed by atoms with Crippen molar-refractivity contribution in [3.05, 3.63) is 58.1 Å². The van der Waals surface area contributed by atoms with Crippen molar-refractivity contribution in [3.8, 4) is 0 Å². The highest BCUT2D eigenvalue weighted by atomic mass is 35.5. The fraction of sp³-hybridized carbons (Fsp3) is 0.125. The average Bonchev–Trinajstić information content (AvgIpc) is 2.83. The molecular formula is C16H13Cl2N3O4S. The Morgan fingerprint density at radius 2 is 1.69 bits per heavy atom. The van der Waals surface area contributed by atoms with Crippen LogP contribution in [0, 0.1) is 0 Å². The predicted octanol–water partition coefficient (Wildman–Crippen LogP) is 2.85. The van der Waals surface area contributed by atoms with Crippen molar-refractivity contribution >= 4 is 50.9 Å². The summed E-state index contributed by atoms with van der Waals surface area (Å²) in [6.07, 6.45) is 0. The van der Waals surface area contributed by atoms with Crippen molar-refractivity contribution in [1.82, 2.24) is 10.6 Å². The number of carbonyl (C=O) groups excluding carboxylic acids is 2. The first kappa shape index (κ1) is 18.5. The van der Waals surface area contributed by atoms with Gasteiger partial charge in [-0.1, -0.05) is 35.3 Å². The molecule has 2 aromatic carbocycles. The number of imide groups is 1. The Morgan fingerprint density at radius 3 is 2.27 bits per heavy atom. The number of benzene rings is 2. The molecule has 26 heavy (non-hydrogen) atoms. The van der Waals surface area contributed by atoms with Crippen molar-refractivity contribution in [1.29, 1.82) is 0 Å². The summed E-state index contributed by atoms with van der Waals surface area (Å²) in [4.78, 5) is 23.1. The van der Waals surface area contributed by atoms with Crippen LogP contribution in [0.3, 0.4) is 0 Å². The minimum absolute atomic E-state index is 0.0383. The fourth-order valence-corrected chi connectivity index (χ4v) is 4.33. The highest BCUT2D eigenvalue weighted by molar-refractivity contribution is 7.92. The monoisotopic (exact) mass is 413 g/mol. The van der Waals surface area contributed by atoms with Crippen molar-refractivity contribution in [3.63, 3.8) is 0 Å². The van der Waals surface area contributed by atoms with Gasteiger partial charge in [-0.05, 0) is 42.8 Å². The van der Waals surface area contributed by atoms with E-state index < -0.39 is 27.5 Å². The smallest absolute Gasteiger partial charge is 0.320 e. The summed E-state index contributed by atoms with van der Waals surface area (Å²) in [5, 5.41) is 4.97. The van der Waals surface area contributed by atoms with Crippen LogP contribution in [0.5, 0.6) is 0 Å². The predicted molar refractivity (Wildman–Crippen MR) is 97.7 cm³/mol. The van der Waals surface area contributed by atoms with Gasteiger partial charge in [0.2, 0.25) is 0 Å². The number of halogens is 2. The molecule has 2 aromatic rings. The summed E-state index contributed by atoms with van der Waals surface area (Å²) >= 11 is 11.8. The first-order valence-corrected chi connectivity index (χ1v) is 9.58. The van der Waals surface area contributed by atoms with E-state index in [-0.39, 0.29) is 20.6 Å². The molecule has 3 rings (SSSR count). The number of carbonyl (C=O) groups is 2. The third-order valence-corrected chi connectivity index (χ3v) is 6.04. The van der Waals surface area contributed by atoms with Gasteiger partial charge in [0.25, 0.3) is 15.9 Å². The molecule has 1 aliphatic rings. The highest BCUT2D eigenvalue weighted by Gasteiger charge is 2.43. The van der Waals surface area contributed by atoms with E-state index in [1.807, 2.05) is 0 Å². The van der Waals surface area contributed by atoms with Crippen LogP contribution in [0.1, 0.15) is 12.5 Å². The van der Waals surface area contributed by atoms with Crippen LogP contribution in [0.25, 0.3) is 0 Å². The normalized spacial score (nSPS) is 19.8. The maximum Gasteiger partial charge on any atom is 0.322 e.